The zero-order valence-electron chi connectivity index (χ0n) is 35.0. The van der Waals surface area contributed by atoms with E-state index in [4.69, 9.17) is 22.3 Å². The summed E-state index contributed by atoms with van der Waals surface area (Å²) in [6.07, 6.45) is 0. The van der Waals surface area contributed by atoms with Crippen molar-refractivity contribution in [3.8, 4) is 45.6 Å². The Bertz CT molecular complexity index is 4500. The summed E-state index contributed by atoms with van der Waals surface area (Å²) in [5, 5.41) is 2.32. The molecule has 6 heterocycles. The average Bonchev–Trinajstić information content (AvgIpc) is 4.03. The van der Waals surface area contributed by atoms with Crippen molar-refractivity contribution in [2.75, 3.05) is 15.8 Å². The molecule has 25 nitrogen and oxygen atoms in total. The Balaban J connectivity index is 1.19. The molecule has 0 saturated heterocycles. The average molecular weight is 1050 g/mol. The molecule has 0 fully saturated rings. The van der Waals surface area contributed by atoms with Gasteiger partial charge in [0.1, 0.15) is 37.3 Å². The number of nitrogens with zero attached hydrogens (tertiary/aromatic N) is 9. The second kappa shape index (κ2) is 15.9. The molecule has 9 aromatic rings. The number of rotatable bonds is 8. The van der Waals surface area contributed by atoms with Gasteiger partial charge in [-0.1, -0.05) is 42.5 Å². The number of nitrogen functional groups attached to an aromatic ring is 1. The van der Waals surface area contributed by atoms with E-state index in [1.54, 1.807) is 6.07 Å². The van der Waals surface area contributed by atoms with Crippen LogP contribution in [0.1, 0.15) is 0 Å². The number of sulfonamides is 1. The van der Waals surface area contributed by atoms with Crippen molar-refractivity contribution in [2.45, 2.75) is 19.6 Å². The number of aromatic nitrogens is 11. The van der Waals surface area contributed by atoms with E-state index in [1.165, 1.54) is 72.8 Å². The molecule has 11 rings (SSSR count). The highest BCUT2D eigenvalue weighted by Crippen LogP contribution is 2.41. The molecule has 71 heavy (non-hydrogen) atoms. The largest absolute Gasteiger partial charge is 0.368 e. The van der Waals surface area contributed by atoms with Gasteiger partial charge in [0.05, 0.1) is 16.1 Å². The summed E-state index contributed by atoms with van der Waals surface area (Å²) in [5.74, 6) is -1.25. The van der Waals surface area contributed by atoms with Crippen LogP contribution in [0.25, 0.3) is 89.7 Å². The molecular formula is C41H25ClN14O11S4. The first-order valence-electron chi connectivity index (χ1n) is 19.9. The molecule has 30 heteroatoms. The summed E-state index contributed by atoms with van der Waals surface area (Å²) >= 11 is 5.91. The molecule has 0 amide bonds. The molecule has 0 spiro atoms. The number of benzene rings is 5. The zero-order valence-corrected chi connectivity index (χ0v) is 39.0. The Kier molecular flexibility index (Phi) is 10.2. The van der Waals surface area contributed by atoms with Crippen LogP contribution in [0.5, 0.6) is 0 Å². The summed E-state index contributed by atoms with van der Waals surface area (Å²) in [6, 6.07) is 21.3. The van der Waals surface area contributed by atoms with Gasteiger partial charge in [0.25, 0.3) is 40.4 Å². The van der Waals surface area contributed by atoms with E-state index in [0.29, 0.717) is 5.69 Å². The van der Waals surface area contributed by atoms with Gasteiger partial charge in [-0.25, -0.2) is 38.3 Å². The quantitative estimate of drug-likeness (QED) is 0.0861. The molecule has 9 N–H and O–H groups in total. The molecule has 8 bridgehead atoms. The summed E-state index contributed by atoms with van der Waals surface area (Å²) in [5.41, 5.74) is 5.14. The highest BCUT2D eigenvalue weighted by Gasteiger charge is 2.30. The van der Waals surface area contributed by atoms with Crippen LogP contribution < -0.4 is 15.8 Å². The topological polar surface area (TPSA) is 395 Å². The van der Waals surface area contributed by atoms with E-state index in [-0.39, 0.29) is 112 Å². The number of aromatic amines is 2. The standard InChI is InChI=1S/C41H25ClN14O11S4/c42-39-53-40(43)55-41(54-39)44-17-5-1-6-18(15-17)56-68(57,58)19-13-14-20-24(16-19)35-46-31(20)45-32-21-7-2-10-25(69(59,60)61)28(21)36(47-32)48-33-22-8-3-11-26(70(62,63)64)29(22)37(49-33)50-34-23-9-4-12-27(71(65,66)67)30(23)38(51-34)52-35/h1-16,56H,(H,59,60,61)(H,62,63,64)(H,65,66,67)(H3,43,44,53,54,55)(H2,45,46,47,48,49,50,51,52). The maximum atomic E-state index is 14.2. The van der Waals surface area contributed by atoms with Crippen LogP contribution in [-0.2, 0) is 40.4 Å². The lowest BCUT2D eigenvalue weighted by molar-refractivity contribution is 0.481. The molecule has 0 unspecified atom stereocenters. The molecule has 0 radical (unpaired) electrons. The molecule has 4 aromatic heterocycles. The lowest BCUT2D eigenvalue weighted by atomic mass is 10.1. The number of nitrogens with two attached hydrogens (primary N) is 1. The highest BCUT2D eigenvalue weighted by molar-refractivity contribution is 7.92. The first-order chi connectivity index (χ1) is 33.6. The predicted molar refractivity (Wildman–Crippen MR) is 255 cm³/mol. The molecule has 356 valence electrons. The minimum atomic E-state index is -5.02. The third-order valence-corrected chi connectivity index (χ3v) is 15.1. The number of hydrogen-bond acceptors (Lipinski definition) is 19. The normalized spacial score (nSPS) is 12.7. The minimum absolute atomic E-state index is 0.00781. The fourth-order valence-electron chi connectivity index (χ4n) is 8.06. The smallest absolute Gasteiger partial charge is 0.295 e. The van der Waals surface area contributed by atoms with E-state index in [1.807, 2.05) is 0 Å². The van der Waals surface area contributed by atoms with Crippen molar-refractivity contribution in [3.63, 3.8) is 0 Å². The van der Waals surface area contributed by atoms with Gasteiger partial charge in [0.2, 0.25) is 17.2 Å². The van der Waals surface area contributed by atoms with Crippen molar-refractivity contribution in [2.24, 2.45) is 0 Å². The molecule has 0 atom stereocenters. The van der Waals surface area contributed by atoms with Gasteiger partial charge in [-0.05, 0) is 66.2 Å². The SMILES string of the molecule is Nc1nc(Cl)nc(Nc2cccc(NS(=O)(=O)c3ccc4c(c3)-c3nc-4nc4[nH]c(nc5nc(nc6[nH]c(n3)c3c(S(=O)(=O)O)cccc63)-c3c-5cccc3S(=O)(=O)O)c3c(S(=O)(=O)O)cccc43)c2)n1. The van der Waals surface area contributed by atoms with Crippen molar-refractivity contribution in [1.29, 1.82) is 0 Å². The van der Waals surface area contributed by atoms with Crippen LogP contribution >= 0.6 is 11.6 Å². The first kappa shape index (κ1) is 45.3. The van der Waals surface area contributed by atoms with Gasteiger partial charge in [-0.15, -0.1) is 0 Å². The fraction of sp³-hybridized carbons (Fsp3) is 0. The number of halogens is 1. The summed E-state index contributed by atoms with van der Waals surface area (Å²) in [6.45, 7) is 0. The lowest BCUT2D eigenvalue weighted by Gasteiger charge is -2.11. The first-order valence-corrected chi connectivity index (χ1v) is 26.1. The Morgan fingerprint density at radius 1 is 0.493 bits per heavy atom. The van der Waals surface area contributed by atoms with E-state index in [2.05, 4.69) is 59.9 Å². The Hall–Kier alpha value is -8.16. The molecule has 0 saturated carbocycles. The Labute approximate surface area is 402 Å². The van der Waals surface area contributed by atoms with Crippen molar-refractivity contribution < 1.29 is 47.3 Å². The van der Waals surface area contributed by atoms with Crippen molar-refractivity contribution in [3.05, 3.63) is 102 Å². The van der Waals surface area contributed by atoms with Gasteiger partial charge in [-0.2, -0.15) is 40.2 Å². The van der Waals surface area contributed by atoms with Crippen molar-refractivity contribution in [1.82, 2.24) is 54.8 Å². The molecule has 2 aliphatic heterocycles. The van der Waals surface area contributed by atoms with E-state index in [0.717, 1.165) is 18.2 Å². The highest BCUT2D eigenvalue weighted by atomic mass is 35.5. The van der Waals surface area contributed by atoms with E-state index >= 15 is 0 Å². The Morgan fingerprint density at radius 2 is 1.01 bits per heavy atom. The number of fused-ring (bicyclic) bond motifs is 20. The third-order valence-electron chi connectivity index (χ3n) is 10.9. The second-order valence-corrected chi connectivity index (χ2v) is 21.6. The van der Waals surface area contributed by atoms with Crippen molar-refractivity contribution >= 4 is 119 Å². The van der Waals surface area contributed by atoms with Crippen LogP contribution in [0.3, 0.4) is 0 Å². The molecule has 5 aromatic carbocycles. The van der Waals surface area contributed by atoms with Crippen LogP contribution in [0, 0.1) is 0 Å². The zero-order chi connectivity index (χ0) is 49.9. The van der Waals surface area contributed by atoms with Gasteiger partial charge >= 0.3 is 0 Å². The molecule has 0 aliphatic carbocycles. The summed E-state index contributed by atoms with van der Waals surface area (Å²) in [4.78, 5) is 43.0. The summed E-state index contributed by atoms with van der Waals surface area (Å²) in [7, 11) is -19.5. The third kappa shape index (κ3) is 8.05. The Morgan fingerprint density at radius 3 is 1.63 bits per heavy atom. The lowest BCUT2D eigenvalue weighted by Crippen LogP contribution is -2.13. The fourth-order valence-corrected chi connectivity index (χ4v) is 11.4. The van der Waals surface area contributed by atoms with Crippen LogP contribution in [0.15, 0.2) is 117 Å². The number of anilines is 4. The van der Waals surface area contributed by atoms with Gasteiger partial charge < -0.3 is 21.0 Å². The van der Waals surface area contributed by atoms with Crippen LogP contribution in [0.4, 0.5) is 23.3 Å². The van der Waals surface area contributed by atoms with Crippen LogP contribution in [0.2, 0.25) is 5.28 Å². The summed E-state index contributed by atoms with van der Waals surface area (Å²) < 4.78 is 140. The number of hydrogen-bond donors (Lipinski definition) is 8. The molecular weight excluding hydrogens is 1030 g/mol. The number of nitrogens with one attached hydrogen (secondary N) is 4. The molecule has 2 aliphatic rings. The second-order valence-electron chi connectivity index (χ2n) is 15.4. The van der Waals surface area contributed by atoms with E-state index in [9.17, 15) is 47.3 Å². The van der Waals surface area contributed by atoms with Crippen LogP contribution in [-0.4, -0.2) is 102 Å². The van der Waals surface area contributed by atoms with Gasteiger partial charge in [0, 0.05) is 43.9 Å². The number of H-pyrrole nitrogens is 2. The maximum Gasteiger partial charge on any atom is 0.295 e. The van der Waals surface area contributed by atoms with Gasteiger partial charge in [-0.3, -0.25) is 18.4 Å². The predicted octanol–water partition coefficient (Wildman–Crippen LogP) is 5.57. The van der Waals surface area contributed by atoms with Gasteiger partial charge in [0.15, 0.2) is 23.3 Å². The maximum absolute atomic E-state index is 14.2. The van der Waals surface area contributed by atoms with E-state index < -0.39 is 60.9 Å². The minimum Gasteiger partial charge on any atom is -0.368 e. The monoisotopic (exact) mass is 1050 g/mol.